The Morgan fingerprint density at radius 3 is 1.65 bits per heavy atom. The van der Waals surface area contributed by atoms with Crippen LogP contribution in [0.2, 0.25) is 0 Å². The van der Waals surface area contributed by atoms with E-state index in [0.717, 1.165) is 77.2 Å². The van der Waals surface area contributed by atoms with E-state index in [2.05, 4.69) is 69.4 Å². The van der Waals surface area contributed by atoms with Gasteiger partial charge in [0.1, 0.15) is 5.75 Å². The molecule has 5 aromatic rings. The Morgan fingerprint density at radius 2 is 1.11 bits per heavy atom. The van der Waals surface area contributed by atoms with Crippen LogP contribution >= 0.6 is 15.9 Å². The minimum absolute atomic E-state index is 0.0304. The lowest BCUT2D eigenvalue weighted by molar-refractivity contribution is -0.123. The number of anilines is 2. The minimum Gasteiger partial charge on any atom is -0.481 e. The zero-order valence-electron chi connectivity index (χ0n) is 33.2. The molecule has 3 aromatic carbocycles. The molecule has 0 aliphatic rings. The first kappa shape index (κ1) is 43.4. The topological polar surface area (TPSA) is 93.2 Å². The highest BCUT2D eigenvalue weighted by atomic mass is 79.9. The molecule has 2 aromatic heterocycles. The lowest BCUT2D eigenvalue weighted by Gasteiger charge is -2.20. The van der Waals surface area contributed by atoms with Crippen molar-refractivity contribution >= 4 is 60.7 Å². The second-order valence-electron chi connectivity index (χ2n) is 14.4. The zero-order valence-corrected chi connectivity index (χ0v) is 34.8. The van der Waals surface area contributed by atoms with Gasteiger partial charge in [-0.1, -0.05) is 150 Å². The molecule has 2 N–H and O–H groups in total. The summed E-state index contributed by atoms with van der Waals surface area (Å²) in [5.41, 5.74) is 2.94. The predicted molar refractivity (Wildman–Crippen MR) is 234 cm³/mol. The first-order valence-electron chi connectivity index (χ1n) is 20.6. The van der Waals surface area contributed by atoms with E-state index in [0.29, 0.717) is 6.42 Å². The summed E-state index contributed by atoms with van der Waals surface area (Å²) in [6.07, 6.45) is 24.9. The Balaban J connectivity index is 0.000000258. The SMILES string of the molecule is CCCCCCCCC(Br)C(=O)Nc1cccc2cnccc12.CCCCCCCCC(Oc1ccc(CCC)cc1)C(=O)Nc1cccc2cnccc12. The molecule has 294 valence electrons. The molecule has 8 heteroatoms. The van der Waals surface area contributed by atoms with Gasteiger partial charge in [0.05, 0.1) is 4.83 Å². The summed E-state index contributed by atoms with van der Waals surface area (Å²) in [7, 11) is 0. The van der Waals surface area contributed by atoms with Crippen LogP contribution in [0.1, 0.15) is 123 Å². The molecule has 0 aliphatic carbocycles. The second-order valence-corrected chi connectivity index (χ2v) is 15.5. The summed E-state index contributed by atoms with van der Waals surface area (Å²) >= 11 is 3.52. The Hall–Kier alpha value is -4.30. The van der Waals surface area contributed by atoms with Crippen LogP contribution in [-0.4, -0.2) is 32.7 Å². The molecule has 5 rings (SSSR count). The van der Waals surface area contributed by atoms with Crippen LogP contribution in [0.3, 0.4) is 0 Å². The Bertz CT molecular complexity index is 1850. The molecule has 0 saturated carbocycles. The number of aryl methyl sites for hydroxylation is 1. The molecule has 2 heterocycles. The van der Waals surface area contributed by atoms with E-state index in [-0.39, 0.29) is 16.6 Å². The van der Waals surface area contributed by atoms with E-state index in [9.17, 15) is 9.59 Å². The Labute approximate surface area is 337 Å². The number of benzene rings is 3. The fourth-order valence-corrected chi connectivity index (χ4v) is 7.10. The number of pyridine rings is 2. The number of ether oxygens (including phenoxy) is 1. The van der Waals surface area contributed by atoms with Gasteiger partial charge in [0.15, 0.2) is 6.10 Å². The Morgan fingerprint density at radius 1 is 0.600 bits per heavy atom. The van der Waals surface area contributed by atoms with E-state index in [1.807, 2.05) is 73.1 Å². The third-order valence-electron chi connectivity index (χ3n) is 9.83. The van der Waals surface area contributed by atoms with Crippen molar-refractivity contribution in [3.63, 3.8) is 0 Å². The van der Waals surface area contributed by atoms with Gasteiger partial charge in [0, 0.05) is 57.7 Å². The third kappa shape index (κ3) is 15.0. The van der Waals surface area contributed by atoms with Gasteiger partial charge in [-0.2, -0.15) is 0 Å². The summed E-state index contributed by atoms with van der Waals surface area (Å²) in [6.45, 7) is 6.63. The highest BCUT2D eigenvalue weighted by Gasteiger charge is 2.21. The molecule has 55 heavy (non-hydrogen) atoms. The smallest absolute Gasteiger partial charge is 0.265 e. The maximum atomic E-state index is 13.2. The average molecular weight is 810 g/mol. The van der Waals surface area contributed by atoms with Crippen molar-refractivity contribution < 1.29 is 14.3 Å². The van der Waals surface area contributed by atoms with Crippen molar-refractivity contribution in [3.8, 4) is 5.75 Å². The summed E-state index contributed by atoms with van der Waals surface area (Å²) < 4.78 is 6.20. The van der Waals surface area contributed by atoms with Crippen molar-refractivity contribution in [3.05, 3.63) is 103 Å². The quantitative estimate of drug-likeness (QED) is 0.0536. The number of hydrogen-bond donors (Lipinski definition) is 2. The van der Waals surface area contributed by atoms with Gasteiger partial charge in [0.25, 0.3) is 5.91 Å². The number of carbonyl (C=O) groups is 2. The number of fused-ring (bicyclic) bond motifs is 2. The summed E-state index contributed by atoms with van der Waals surface area (Å²) in [5.74, 6) is 0.682. The molecule has 0 saturated heterocycles. The lowest BCUT2D eigenvalue weighted by atomic mass is 10.1. The van der Waals surface area contributed by atoms with Gasteiger partial charge >= 0.3 is 0 Å². The van der Waals surface area contributed by atoms with Gasteiger partial charge in [0.2, 0.25) is 5.91 Å². The monoisotopic (exact) mass is 808 g/mol. The maximum absolute atomic E-state index is 13.2. The number of carbonyl (C=O) groups excluding carboxylic acids is 2. The van der Waals surface area contributed by atoms with Gasteiger partial charge in [-0.05, 0) is 67.6 Å². The van der Waals surface area contributed by atoms with E-state index in [1.165, 1.54) is 63.4 Å². The van der Waals surface area contributed by atoms with Crippen LogP contribution < -0.4 is 15.4 Å². The number of nitrogens with zero attached hydrogens (tertiary/aromatic N) is 2. The van der Waals surface area contributed by atoms with Gasteiger partial charge < -0.3 is 15.4 Å². The molecule has 2 amide bonds. The summed E-state index contributed by atoms with van der Waals surface area (Å²) in [5, 5.41) is 10.2. The number of unbranched alkanes of at least 4 members (excludes halogenated alkanes) is 10. The number of aromatic nitrogens is 2. The number of nitrogens with one attached hydrogen (secondary N) is 2. The Kier molecular flexibility index (Phi) is 19.7. The first-order chi connectivity index (χ1) is 26.9. The normalized spacial score (nSPS) is 12.1. The number of hydrogen-bond acceptors (Lipinski definition) is 5. The van der Waals surface area contributed by atoms with Crippen molar-refractivity contribution in [2.24, 2.45) is 0 Å². The molecule has 0 fully saturated rings. The maximum Gasteiger partial charge on any atom is 0.265 e. The van der Waals surface area contributed by atoms with Crippen molar-refractivity contribution in [2.75, 3.05) is 10.6 Å². The van der Waals surface area contributed by atoms with Crippen molar-refractivity contribution in [1.29, 1.82) is 0 Å². The van der Waals surface area contributed by atoms with Crippen molar-refractivity contribution in [2.45, 2.75) is 134 Å². The third-order valence-corrected chi connectivity index (χ3v) is 10.7. The first-order valence-corrected chi connectivity index (χ1v) is 21.5. The molecule has 0 bridgehead atoms. The van der Waals surface area contributed by atoms with E-state index < -0.39 is 6.10 Å². The van der Waals surface area contributed by atoms with Crippen molar-refractivity contribution in [1.82, 2.24) is 9.97 Å². The zero-order chi connectivity index (χ0) is 39.1. The summed E-state index contributed by atoms with van der Waals surface area (Å²) in [6, 6.07) is 23.8. The lowest BCUT2D eigenvalue weighted by Crippen LogP contribution is -2.33. The molecule has 2 unspecified atom stereocenters. The molecule has 0 radical (unpaired) electrons. The minimum atomic E-state index is -0.518. The van der Waals surface area contributed by atoms with Crippen LogP contribution in [0.4, 0.5) is 11.4 Å². The van der Waals surface area contributed by atoms with E-state index in [4.69, 9.17) is 4.74 Å². The van der Waals surface area contributed by atoms with Crippen LogP contribution in [0.25, 0.3) is 21.5 Å². The molecule has 0 spiro atoms. The van der Waals surface area contributed by atoms with Gasteiger partial charge in [-0.15, -0.1) is 0 Å². The number of alkyl halides is 1. The molecule has 0 aliphatic heterocycles. The molecular weight excluding hydrogens is 748 g/mol. The highest BCUT2D eigenvalue weighted by molar-refractivity contribution is 9.10. The standard InChI is InChI=1S/C28H36N2O2.C19H25BrN2O/c1-3-5-6-7-8-9-14-27(32-24-17-15-22(11-4-2)16-18-24)28(31)30-26-13-10-12-23-21-29-20-19-25(23)26;1-2-3-4-5-6-7-10-17(20)19(23)22-18-11-8-9-15-14-21-13-12-16(15)18/h10,12-13,15-21,27H,3-9,11,14H2,1-2H3,(H,30,31);8-9,11-14,17H,2-7,10H2,1H3,(H,22,23). The summed E-state index contributed by atoms with van der Waals surface area (Å²) in [4.78, 5) is 33.8. The average Bonchev–Trinajstić information content (AvgIpc) is 3.21. The fraction of sp³-hybridized carbons (Fsp3) is 0.447. The van der Waals surface area contributed by atoms with Gasteiger partial charge in [-0.25, -0.2) is 0 Å². The predicted octanol–water partition coefficient (Wildman–Crippen LogP) is 13.0. The van der Waals surface area contributed by atoms with Crippen LogP contribution in [0.15, 0.2) is 97.6 Å². The number of amides is 2. The van der Waals surface area contributed by atoms with E-state index >= 15 is 0 Å². The molecule has 7 nitrogen and oxygen atoms in total. The van der Waals surface area contributed by atoms with E-state index in [1.54, 1.807) is 12.4 Å². The van der Waals surface area contributed by atoms with Crippen LogP contribution in [-0.2, 0) is 16.0 Å². The molecule has 2 atom stereocenters. The van der Waals surface area contributed by atoms with Crippen LogP contribution in [0.5, 0.6) is 5.75 Å². The fourth-order valence-electron chi connectivity index (χ4n) is 6.66. The molecular formula is C47H61BrN4O3. The highest BCUT2D eigenvalue weighted by Crippen LogP contribution is 2.26. The largest absolute Gasteiger partial charge is 0.481 e. The van der Waals surface area contributed by atoms with Gasteiger partial charge in [-0.3, -0.25) is 19.6 Å². The number of rotatable bonds is 22. The second kappa shape index (κ2) is 25.0. The van der Waals surface area contributed by atoms with Crippen LogP contribution in [0, 0.1) is 0 Å². The number of halogens is 1.